The molecule has 1 aromatic rings. The molecule has 4 heteroatoms. The fourth-order valence-electron chi connectivity index (χ4n) is 0.534. The number of terminal acetylenes is 1. The van der Waals surface area contributed by atoms with Crippen LogP contribution in [-0.2, 0) is 31.3 Å². The van der Waals surface area contributed by atoms with Crippen LogP contribution in [0.25, 0.3) is 0 Å². The van der Waals surface area contributed by atoms with Gasteiger partial charge < -0.3 is 0 Å². The number of rotatable bonds is 0. The average Bonchev–Trinajstić information content (AvgIpc) is 2.37. The van der Waals surface area contributed by atoms with Crippen LogP contribution in [0, 0.1) is 32.3 Å². The Morgan fingerprint density at radius 1 is 0.867 bits per heavy atom. The van der Waals surface area contributed by atoms with Crippen molar-refractivity contribution in [1.82, 2.24) is 0 Å². The molecule has 0 bridgehead atoms. The summed E-state index contributed by atoms with van der Waals surface area (Å²) in [5.74, 6) is 2.53. The van der Waals surface area contributed by atoms with Gasteiger partial charge in [0, 0.05) is 22.9 Å². The molecule has 74 valence electrons. The van der Waals surface area contributed by atoms with E-state index < -0.39 is 0 Å². The van der Waals surface area contributed by atoms with Crippen molar-refractivity contribution in [3.8, 4) is 12.3 Å². The Morgan fingerprint density at radius 3 is 1.40 bits per heavy atom. The van der Waals surface area contributed by atoms with E-state index in [2.05, 4.69) is 25.9 Å². The van der Waals surface area contributed by atoms with Crippen LogP contribution >= 0.6 is 0 Å². The van der Waals surface area contributed by atoms with Crippen LogP contribution in [0.4, 0.5) is 0 Å². The topological polar surface area (TPSA) is 59.7 Å². The molecule has 3 nitrogen and oxygen atoms in total. The monoisotopic (exact) mass is 238 g/mol. The molecule has 0 spiro atoms. The van der Waals surface area contributed by atoms with Gasteiger partial charge in [-0.1, -0.05) is 24.1 Å². The van der Waals surface area contributed by atoms with Gasteiger partial charge in [-0.2, -0.15) is 0 Å². The smallest absolute Gasteiger partial charge is 0 e. The second-order valence-corrected chi connectivity index (χ2v) is 1.51. The molecule has 1 aromatic carbocycles. The van der Waals surface area contributed by atoms with E-state index in [-0.39, 0.29) is 17.4 Å². The minimum atomic E-state index is 0. The molecule has 0 saturated heterocycles. The Kier molecular flexibility index (Phi) is 45.8. The van der Waals surface area contributed by atoms with Gasteiger partial charge in [0.05, 0.1) is 0 Å². The van der Waals surface area contributed by atoms with E-state index in [9.17, 15) is 0 Å². The molecule has 0 amide bonds. The maximum absolute atomic E-state index is 7.50. The molecule has 0 aliphatic heterocycles. The molecule has 0 atom stereocenters. The van der Waals surface area contributed by atoms with Crippen molar-refractivity contribution >= 4 is 0 Å². The van der Waals surface area contributed by atoms with Crippen LogP contribution < -0.4 is 0 Å². The average molecular weight is 238 g/mol. The molecule has 0 N–H and O–H groups in total. The summed E-state index contributed by atoms with van der Waals surface area (Å²) in [5.41, 5.74) is 0.938. The summed E-state index contributed by atoms with van der Waals surface area (Å²) in [4.78, 5) is 0. The van der Waals surface area contributed by atoms with Crippen LogP contribution in [-0.4, -0.2) is 0 Å². The van der Waals surface area contributed by atoms with Crippen molar-refractivity contribution in [1.29, 1.82) is 0 Å². The van der Waals surface area contributed by atoms with E-state index in [0.717, 1.165) is 5.56 Å². The normalized spacial score (nSPS) is 4.60. The van der Waals surface area contributed by atoms with E-state index >= 15 is 0 Å². The first-order chi connectivity index (χ1) is 6.93. The third kappa shape index (κ3) is 19.1. The van der Waals surface area contributed by atoms with Gasteiger partial charge in [-0.3, -0.25) is 0 Å². The van der Waals surface area contributed by atoms with E-state index in [1.165, 1.54) is 0 Å². The van der Waals surface area contributed by atoms with Gasteiger partial charge in [-0.15, -0.1) is 6.42 Å². The first-order valence-electron chi connectivity index (χ1n) is 3.06. The second kappa shape index (κ2) is 29.4. The Morgan fingerprint density at radius 2 is 1.20 bits per heavy atom. The van der Waals surface area contributed by atoms with Crippen LogP contribution in [0.5, 0.6) is 0 Å². The number of benzene rings is 1. The van der Waals surface area contributed by atoms with Crippen LogP contribution in [0.15, 0.2) is 30.3 Å². The van der Waals surface area contributed by atoms with Gasteiger partial charge in [0.25, 0.3) is 0 Å². The molecule has 0 fully saturated rings. The quantitative estimate of drug-likeness (QED) is 0.374. The number of hydrogen-bond acceptors (Lipinski definition) is 0. The predicted molar refractivity (Wildman–Crippen MR) is 46.2 cm³/mol. The molecular weight excluding hydrogens is 232 g/mol. The van der Waals surface area contributed by atoms with E-state index in [1.54, 1.807) is 0 Å². The van der Waals surface area contributed by atoms with Crippen molar-refractivity contribution in [2.24, 2.45) is 0 Å². The summed E-state index contributed by atoms with van der Waals surface area (Å²) in [6.07, 6.45) is 5.10. The zero-order valence-electron chi connectivity index (χ0n) is 7.60. The molecular formula is C11H6CrO3. The zero-order chi connectivity index (χ0) is 11.8. The molecule has 0 unspecified atom stereocenters. The van der Waals surface area contributed by atoms with Gasteiger partial charge >= 0.3 is 33.9 Å². The van der Waals surface area contributed by atoms with Crippen molar-refractivity contribution in [3.63, 3.8) is 0 Å². The van der Waals surface area contributed by atoms with Crippen LogP contribution in [0.1, 0.15) is 5.56 Å². The van der Waals surface area contributed by atoms with Crippen molar-refractivity contribution in [3.05, 3.63) is 55.8 Å². The SMILES string of the molecule is C#Cc1ccccc1.[C-]#[O+].[C-]#[O+].[C-]#[O+].[Cr]. The summed E-state index contributed by atoms with van der Waals surface area (Å²) < 4.78 is 22.5. The zero-order valence-corrected chi connectivity index (χ0v) is 8.87. The van der Waals surface area contributed by atoms with E-state index in [1.807, 2.05) is 30.3 Å². The van der Waals surface area contributed by atoms with E-state index in [4.69, 9.17) is 20.4 Å². The first-order valence-corrected chi connectivity index (χ1v) is 3.06. The maximum Gasteiger partial charge on any atom is 0 e. The van der Waals surface area contributed by atoms with Gasteiger partial charge in [-0.05, 0) is 12.1 Å². The molecule has 0 saturated carbocycles. The fourth-order valence-corrected chi connectivity index (χ4v) is 0.534. The van der Waals surface area contributed by atoms with Crippen LogP contribution in [0.2, 0.25) is 0 Å². The Labute approximate surface area is 99.8 Å². The fraction of sp³-hybridized carbons (Fsp3) is 0. The molecule has 0 aliphatic carbocycles. The van der Waals surface area contributed by atoms with Gasteiger partial charge in [-0.25, -0.2) is 0 Å². The molecule has 15 heavy (non-hydrogen) atoms. The molecule has 0 aliphatic rings. The third-order valence-electron chi connectivity index (χ3n) is 0.940. The summed E-state index contributed by atoms with van der Waals surface area (Å²) in [7, 11) is 0. The second-order valence-electron chi connectivity index (χ2n) is 1.51. The summed E-state index contributed by atoms with van der Waals surface area (Å²) in [6, 6.07) is 9.60. The summed E-state index contributed by atoms with van der Waals surface area (Å²) in [6.45, 7) is 13.5. The van der Waals surface area contributed by atoms with Gasteiger partial charge in [0.15, 0.2) is 0 Å². The summed E-state index contributed by atoms with van der Waals surface area (Å²) >= 11 is 0. The van der Waals surface area contributed by atoms with Crippen LogP contribution in [0.3, 0.4) is 0 Å². The Balaban J connectivity index is -0.0000000755. The third-order valence-corrected chi connectivity index (χ3v) is 0.940. The molecule has 0 heterocycles. The first kappa shape index (κ1) is 23.4. The van der Waals surface area contributed by atoms with Gasteiger partial charge in [0.1, 0.15) is 0 Å². The summed E-state index contributed by atoms with van der Waals surface area (Å²) in [5, 5.41) is 0. The predicted octanol–water partition coefficient (Wildman–Crippen LogP) is 1.55. The minimum Gasteiger partial charge on any atom is 0 e. The molecule has 0 aromatic heterocycles. The van der Waals surface area contributed by atoms with Crippen molar-refractivity contribution < 1.29 is 31.3 Å². The van der Waals surface area contributed by atoms with Gasteiger partial charge in [0.2, 0.25) is 0 Å². The van der Waals surface area contributed by atoms with E-state index in [0.29, 0.717) is 0 Å². The Hall–Kier alpha value is -1.47. The Bertz CT molecular complexity index is 292. The van der Waals surface area contributed by atoms with Crippen molar-refractivity contribution in [2.75, 3.05) is 0 Å². The largest absolute Gasteiger partial charge is 0 e. The molecule has 0 radical (unpaired) electrons. The number of hydrogen-bond donors (Lipinski definition) is 0. The minimum absolute atomic E-state index is 0. The van der Waals surface area contributed by atoms with Crippen molar-refractivity contribution in [2.45, 2.75) is 0 Å². The molecule has 1 rings (SSSR count). The standard InChI is InChI=1S/C8H6.3CO.Cr/c1-2-8-6-4-3-5-7-8;3*1-2;/h1,3-7H;;;;. The maximum atomic E-state index is 7.50.